The van der Waals surface area contributed by atoms with Crippen LogP contribution in [0.2, 0.25) is 5.02 Å². The van der Waals surface area contributed by atoms with Crippen LogP contribution in [0.3, 0.4) is 0 Å². The van der Waals surface area contributed by atoms with Gasteiger partial charge in [-0.15, -0.1) is 11.8 Å². The average molecular weight is 279 g/mol. The molecular formula is C13H11ClN2OS. The van der Waals surface area contributed by atoms with Crippen LogP contribution in [-0.4, -0.2) is 17.1 Å². The summed E-state index contributed by atoms with van der Waals surface area (Å²) >= 11 is 7.23. The summed E-state index contributed by atoms with van der Waals surface area (Å²) in [6.07, 6.45) is 3.56. The minimum absolute atomic E-state index is 0.172. The van der Waals surface area contributed by atoms with Crippen LogP contribution in [-0.2, 0) is 0 Å². The van der Waals surface area contributed by atoms with Gasteiger partial charge >= 0.3 is 0 Å². The molecule has 1 amide bonds. The minimum Gasteiger partial charge on any atom is -0.322 e. The van der Waals surface area contributed by atoms with Gasteiger partial charge in [0.25, 0.3) is 5.91 Å². The molecule has 0 spiro atoms. The number of nitrogens with one attached hydrogen (secondary N) is 1. The summed E-state index contributed by atoms with van der Waals surface area (Å²) in [5.41, 5.74) is 1.28. The molecule has 0 aliphatic rings. The van der Waals surface area contributed by atoms with Crippen molar-refractivity contribution >= 4 is 35.0 Å². The number of anilines is 1. The fourth-order valence-corrected chi connectivity index (χ4v) is 2.13. The van der Waals surface area contributed by atoms with Crippen LogP contribution < -0.4 is 5.32 Å². The molecule has 2 aromatic rings. The van der Waals surface area contributed by atoms with E-state index in [-0.39, 0.29) is 5.91 Å². The van der Waals surface area contributed by atoms with E-state index in [1.807, 2.05) is 6.26 Å². The van der Waals surface area contributed by atoms with E-state index in [0.717, 1.165) is 0 Å². The monoisotopic (exact) mass is 278 g/mol. The Kier molecular flexibility index (Phi) is 4.23. The predicted molar refractivity (Wildman–Crippen MR) is 75.4 cm³/mol. The van der Waals surface area contributed by atoms with Crippen molar-refractivity contribution in [3.05, 3.63) is 53.2 Å². The Labute approximate surface area is 115 Å². The number of benzene rings is 1. The van der Waals surface area contributed by atoms with E-state index in [1.54, 1.807) is 42.6 Å². The number of rotatable bonds is 3. The molecule has 0 fully saturated rings. The van der Waals surface area contributed by atoms with Gasteiger partial charge in [0.2, 0.25) is 0 Å². The molecule has 1 heterocycles. The van der Waals surface area contributed by atoms with E-state index in [2.05, 4.69) is 10.3 Å². The predicted octanol–water partition coefficient (Wildman–Crippen LogP) is 3.71. The molecule has 18 heavy (non-hydrogen) atoms. The van der Waals surface area contributed by atoms with Gasteiger partial charge in [0.1, 0.15) is 5.03 Å². The van der Waals surface area contributed by atoms with Gasteiger partial charge in [-0.1, -0.05) is 11.6 Å². The SMILES string of the molecule is CSc1ncccc1C(=O)Nc1ccc(Cl)cc1. The normalized spacial score (nSPS) is 10.1. The molecule has 0 aliphatic heterocycles. The van der Waals surface area contributed by atoms with Crippen LogP contribution in [0.5, 0.6) is 0 Å². The lowest BCUT2D eigenvalue weighted by Gasteiger charge is -2.07. The Balaban J connectivity index is 2.19. The Hall–Kier alpha value is -1.52. The van der Waals surface area contributed by atoms with Crippen LogP contribution in [0.25, 0.3) is 0 Å². The van der Waals surface area contributed by atoms with Crippen molar-refractivity contribution in [1.29, 1.82) is 0 Å². The van der Waals surface area contributed by atoms with Gasteiger partial charge in [-0.3, -0.25) is 4.79 Å². The summed E-state index contributed by atoms with van der Waals surface area (Å²) < 4.78 is 0. The molecule has 3 nitrogen and oxygen atoms in total. The summed E-state index contributed by atoms with van der Waals surface area (Å²) in [7, 11) is 0. The summed E-state index contributed by atoms with van der Waals surface area (Å²) in [6, 6.07) is 10.5. The van der Waals surface area contributed by atoms with Crippen molar-refractivity contribution in [1.82, 2.24) is 4.98 Å². The number of nitrogens with zero attached hydrogens (tertiary/aromatic N) is 1. The molecular weight excluding hydrogens is 268 g/mol. The number of carbonyl (C=O) groups excluding carboxylic acids is 1. The van der Waals surface area contributed by atoms with Gasteiger partial charge in [-0.05, 0) is 42.7 Å². The fraction of sp³-hybridized carbons (Fsp3) is 0.0769. The number of hydrogen-bond donors (Lipinski definition) is 1. The lowest BCUT2D eigenvalue weighted by Crippen LogP contribution is -2.13. The molecule has 0 saturated carbocycles. The minimum atomic E-state index is -0.172. The van der Waals surface area contributed by atoms with E-state index >= 15 is 0 Å². The van der Waals surface area contributed by atoms with Gasteiger partial charge in [0, 0.05) is 16.9 Å². The number of aromatic nitrogens is 1. The first-order chi connectivity index (χ1) is 8.70. The van der Waals surface area contributed by atoms with Crippen LogP contribution in [0.4, 0.5) is 5.69 Å². The number of hydrogen-bond acceptors (Lipinski definition) is 3. The van der Waals surface area contributed by atoms with Crippen molar-refractivity contribution in [2.24, 2.45) is 0 Å². The summed E-state index contributed by atoms with van der Waals surface area (Å²) in [6.45, 7) is 0. The topological polar surface area (TPSA) is 42.0 Å². The molecule has 0 aliphatic carbocycles. The Morgan fingerprint density at radius 3 is 2.67 bits per heavy atom. The first-order valence-electron chi connectivity index (χ1n) is 5.26. The first kappa shape index (κ1) is 12.9. The maximum absolute atomic E-state index is 12.1. The summed E-state index contributed by atoms with van der Waals surface area (Å²) in [5.74, 6) is -0.172. The maximum Gasteiger partial charge on any atom is 0.258 e. The van der Waals surface area contributed by atoms with Crippen LogP contribution in [0, 0.1) is 0 Å². The molecule has 1 aromatic heterocycles. The molecule has 0 radical (unpaired) electrons. The second-order valence-corrected chi connectivity index (χ2v) is 4.75. The van der Waals surface area contributed by atoms with Crippen LogP contribution in [0.15, 0.2) is 47.6 Å². The maximum atomic E-state index is 12.1. The molecule has 0 unspecified atom stereocenters. The van der Waals surface area contributed by atoms with E-state index in [1.165, 1.54) is 11.8 Å². The second kappa shape index (κ2) is 5.89. The van der Waals surface area contributed by atoms with E-state index in [0.29, 0.717) is 21.3 Å². The van der Waals surface area contributed by atoms with Gasteiger partial charge in [-0.2, -0.15) is 0 Å². The first-order valence-corrected chi connectivity index (χ1v) is 6.87. The Bertz CT molecular complexity index is 557. The molecule has 5 heteroatoms. The number of carbonyl (C=O) groups is 1. The highest BCUT2D eigenvalue weighted by atomic mass is 35.5. The summed E-state index contributed by atoms with van der Waals surface area (Å²) in [4.78, 5) is 16.2. The highest BCUT2D eigenvalue weighted by Gasteiger charge is 2.11. The lowest BCUT2D eigenvalue weighted by molar-refractivity contribution is 0.102. The van der Waals surface area contributed by atoms with Gasteiger partial charge in [-0.25, -0.2) is 4.98 Å². The van der Waals surface area contributed by atoms with Crippen molar-refractivity contribution in [2.45, 2.75) is 5.03 Å². The zero-order valence-corrected chi connectivity index (χ0v) is 11.3. The van der Waals surface area contributed by atoms with Crippen LogP contribution >= 0.6 is 23.4 Å². The third-order valence-electron chi connectivity index (χ3n) is 2.31. The molecule has 0 saturated heterocycles. The highest BCUT2D eigenvalue weighted by Crippen LogP contribution is 2.19. The van der Waals surface area contributed by atoms with E-state index in [9.17, 15) is 4.79 Å². The lowest BCUT2D eigenvalue weighted by atomic mass is 10.2. The molecule has 1 aromatic carbocycles. The smallest absolute Gasteiger partial charge is 0.258 e. The number of thioether (sulfide) groups is 1. The zero-order chi connectivity index (χ0) is 13.0. The molecule has 0 atom stereocenters. The Morgan fingerprint density at radius 1 is 1.28 bits per heavy atom. The molecule has 92 valence electrons. The quantitative estimate of drug-likeness (QED) is 0.870. The molecule has 1 N–H and O–H groups in total. The van der Waals surface area contributed by atoms with Gasteiger partial charge < -0.3 is 5.32 Å². The Morgan fingerprint density at radius 2 is 2.00 bits per heavy atom. The van der Waals surface area contributed by atoms with Crippen LogP contribution in [0.1, 0.15) is 10.4 Å². The number of pyridine rings is 1. The third kappa shape index (κ3) is 3.03. The summed E-state index contributed by atoms with van der Waals surface area (Å²) in [5, 5.41) is 4.16. The zero-order valence-electron chi connectivity index (χ0n) is 9.68. The average Bonchev–Trinajstić information content (AvgIpc) is 2.41. The number of halogens is 1. The van der Waals surface area contributed by atoms with Crippen molar-refractivity contribution in [2.75, 3.05) is 11.6 Å². The third-order valence-corrected chi connectivity index (χ3v) is 3.28. The van der Waals surface area contributed by atoms with E-state index < -0.39 is 0 Å². The van der Waals surface area contributed by atoms with Crippen molar-refractivity contribution in [3.63, 3.8) is 0 Å². The molecule has 2 rings (SSSR count). The van der Waals surface area contributed by atoms with E-state index in [4.69, 9.17) is 11.6 Å². The number of amides is 1. The van der Waals surface area contributed by atoms with Gasteiger partial charge in [0.15, 0.2) is 0 Å². The van der Waals surface area contributed by atoms with Gasteiger partial charge in [0.05, 0.1) is 5.56 Å². The largest absolute Gasteiger partial charge is 0.322 e. The standard InChI is InChI=1S/C13H11ClN2OS/c1-18-13-11(3-2-8-15-13)12(17)16-10-6-4-9(14)5-7-10/h2-8H,1H3,(H,16,17). The highest BCUT2D eigenvalue weighted by molar-refractivity contribution is 7.98. The van der Waals surface area contributed by atoms with Crippen molar-refractivity contribution in [3.8, 4) is 0 Å². The van der Waals surface area contributed by atoms with Crippen molar-refractivity contribution < 1.29 is 4.79 Å². The molecule has 0 bridgehead atoms. The fourth-order valence-electron chi connectivity index (χ4n) is 1.46. The second-order valence-electron chi connectivity index (χ2n) is 3.52.